The monoisotopic (exact) mass is 235 g/mol. The van der Waals surface area contributed by atoms with Crippen LogP contribution in [0.25, 0.3) is 0 Å². The fraction of sp³-hybridized carbons (Fsp3) is 0.583. The molecule has 2 aliphatic carbocycles. The van der Waals surface area contributed by atoms with E-state index < -0.39 is 0 Å². The Kier molecular flexibility index (Phi) is 2.59. The van der Waals surface area contributed by atoms with Crippen molar-refractivity contribution in [3.8, 4) is 0 Å². The second-order valence-corrected chi connectivity index (χ2v) is 5.49. The molecule has 0 spiro atoms. The molecule has 1 heterocycles. The van der Waals surface area contributed by atoms with E-state index in [-0.39, 0.29) is 0 Å². The Morgan fingerprint density at radius 3 is 2.81 bits per heavy atom. The molecule has 0 radical (unpaired) electrons. The van der Waals surface area contributed by atoms with Crippen molar-refractivity contribution in [1.82, 2.24) is 4.90 Å². The number of guanidine groups is 1. The minimum atomic E-state index is 0.517. The third kappa shape index (κ3) is 2.38. The maximum Gasteiger partial charge on any atom is 0.192 e. The molecule has 2 saturated carbocycles. The Hall–Kier alpha value is -1.03. The van der Waals surface area contributed by atoms with Crippen molar-refractivity contribution in [2.45, 2.75) is 44.3 Å². The van der Waals surface area contributed by atoms with Gasteiger partial charge in [-0.05, 0) is 48.1 Å². The van der Waals surface area contributed by atoms with Crippen molar-refractivity contribution in [3.63, 3.8) is 0 Å². The highest BCUT2D eigenvalue weighted by Crippen LogP contribution is 2.30. The molecule has 2 aliphatic rings. The van der Waals surface area contributed by atoms with Crippen LogP contribution in [-0.4, -0.2) is 22.9 Å². The average Bonchev–Trinajstić information content (AvgIpc) is 3.18. The first-order chi connectivity index (χ1) is 7.83. The van der Waals surface area contributed by atoms with Crippen LogP contribution in [0.4, 0.5) is 0 Å². The van der Waals surface area contributed by atoms with E-state index in [1.54, 1.807) is 11.3 Å². The van der Waals surface area contributed by atoms with Crippen molar-refractivity contribution in [2.24, 2.45) is 10.7 Å². The highest BCUT2D eigenvalue weighted by molar-refractivity contribution is 7.07. The molecule has 4 heteroatoms. The summed E-state index contributed by atoms with van der Waals surface area (Å²) in [5.41, 5.74) is 7.45. The SMILES string of the molecule is NC(=NC1CC1)N(Cc1ccsc1)C1CC1. The van der Waals surface area contributed by atoms with Gasteiger partial charge >= 0.3 is 0 Å². The van der Waals surface area contributed by atoms with E-state index in [9.17, 15) is 0 Å². The summed E-state index contributed by atoms with van der Waals surface area (Å²) in [5.74, 6) is 0.760. The van der Waals surface area contributed by atoms with Gasteiger partial charge in [-0.1, -0.05) is 0 Å². The Balaban J connectivity index is 1.70. The molecule has 0 atom stereocenters. The number of thiophene rings is 1. The molecule has 2 N–H and O–H groups in total. The number of nitrogens with zero attached hydrogens (tertiary/aromatic N) is 2. The fourth-order valence-electron chi connectivity index (χ4n) is 1.83. The zero-order chi connectivity index (χ0) is 11.0. The molecule has 0 saturated heterocycles. The van der Waals surface area contributed by atoms with Crippen LogP contribution >= 0.6 is 11.3 Å². The summed E-state index contributed by atoms with van der Waals surface area (Å²) in [4.78, 5) is 6.83. The molecule has 0 aliphatic heterocycles. The normalized spacial score (nSPS) is 21.1. The Morgan fingerprint density at radius 2 is 2.25 bits per heavy atom. The van der Waals surface area contributed by atoms with Crippen LogP contribution in [0.5, 0.6) is 0 Å². The van der Waals surface area contributed by atoms with Crippen LogP contribution < -0.4 is 5.73 Å². The molecule has 0 aromatic carbocycles. The molecule has 16 heavy (non-hydrogen) atoms. The van der Waals surface area contributed by atoms with E-state index in [1.807, 2.05) is 0 Å². The van der Waals surface area contributed by atoms with E-state index in [2.05, 4.69) is 26.7 Å². The van der Waals surface area contributed by atoms with E-state index in [1.165, 1.54) is 31.2 Å². The summed E-state index contributed by atoms with van der Waals surface area (Å²) < 4.78 is 0. The molecule has 0 unspecified atom stereocenters. The van der Waals surface area contributed by atoms with Gasteiger partial charge in [0.05, 0.1) is 6.04 Å². The lowest BCUT2D eigenvalue weighted by Crippen LogP contribution is -2.38. The first-order valence-corrected chi connectivity index (χ1v) is 6.88. The highest BCUT2D eigenvalue weighted by Gasteiger charge is 2.31. The number of aliphatic imine (C=N–C) groups is 1. The second-order valence-electron chi connectivity index (χ2n) is 4.71. The van der Waals surface area contributed by atoms with E-state index in [0.717, 1.165) is 12.5 Å². The van der Waals surface area contributed by atoms with Gasteiger partial charge in [0.15, 0.2) is 5.96 Å². The molecule has 0 bridgehead atoms. The van der Waals surface area contributed by atoms with Gasteiger partial charge in [0.2, 0.25) is 0 Å². The van der Waals surface area contributed by atoms with Gasteiger partial charge in [-0.2, -0.15) is 11.3 Å². The lowest BCUT2D eigenvalue weighted by Gasteiger charge is -2.22. The van der Waals surface area contributed by atoms with Crippen LogP contribution in [0, 0.1) is 0 Å². The van der Waals surface area contributed by atoms with Gasteiger partial charge in [0.1, 0.15) is 0 Å². The summed E-state index contributed by atoms with van der Waals surface area (Å²) in [7, 11) is 0. The maximum absolute atomic E-state index is 6.10. The van der Waals surface area contributed by atoms with Gasteiger partial charge in [-0.15, -0.1) is 0 Å². The van der Waals surface area contributed by atoms with Crippen molar-refractivity contribution >= 4 is 17.3 Å². The first-order valence-electron chi connectivity index (χ1n) is 5.94. The number of rotatable bonds is 4. The predicted molar refractivity (Wildman–Crippen MR) is 67.5 cm³/mol. The molecule has 0 amide bonds. The molecule has 1 aromatic rings. The van der Waals surface area contributed by atoms with Crippen LogP contribution in [0.15, 0.2) is 21.8 Å². The first kappa shape index (κ1) is 10.1. The Bertz CT molecular complexity index is 377. The van der Waals surface area contributed by atoms with Crippen molar-refractivity contribution in [1.29, 1.82) is 0 Å². The van der Waals surface area contributed by atoms with Crippen LogP contribution in [0.2, 0.25) is 0 Å². The zero-order valence-electron chi connectivity index (χ0n) is 9.30. The summed E-state index contributed by atoms with van der Waals surface area (Å²) in [6, 6.07) is 3.33. The number of hydrogen-bond donors (Lipinski definition) is 1. The highest BCUT2D eigenvalue weighted by atomic mass is 32.1. The van der Waals surface area contributed by atoms with Gasteiger partial charge < -0.3 is 10.6 Å². The van der Waals surface area contributed by atoms with Crippen molar-refractivity contribution in [2.75, 3.05) is 0 Å². The summed E-state index contributed by atoms with van der Waals surface area (Å²) in [6.45, 7) is 0.927. The van der Waals surface area contributed by atoms with E-state index in [0.29, 0.717) is 12.1 Å². The minimum absolute atomic E-state index is 0.517. The summed E-state index contributed by atoms with van der Waals surface area (Å²) in [5, 5.41) is 4.31. The van der Waals surface area contributed by atoms with E-state index >= 15 is 0 Å². The van der Waals surface area contributed by atoms with Gasteiger partial charge in [0.25, 0.3) is 0 Å². The van der Waals surface area contributed by atoms with Crippen LogP contribution in [0.1, 0.15) is 31.2 Å². The molecule has 1 aromatic heterocycles. The van der Waals surface area contributed by atoms with Crippen LogP contribution in [-0.2, 0) is 6.54 Å². The lowest BCUT2D eigenvalue weighted by atomic mass is 10.3. The largest absolute Gasteiger partial charge is 0.370 e. The average molecular weight is 235 g/mol. The molecule has 3 nitrogen and oxygen atoms in total. The van der Waals surface area contributed by atoms with Gasteiger partial charge in [-0.3, -0.25) is 0 Å². The van der Waals surface area contributed by atoms with Crippen LogP contribution in [0.3, 0.4) is 0 Å². The topological polar surface area (TPSA) is 41.6 Å². The minimum Gasteiger partial charge on any atom is -0.370 e. The fourth-order valence-corrected chi connectivity index (χ4v) is 2.49. The standard InChI is InChI=1S/C12H17N3S/c13-12(14-10-1-2-10)15(11-3-4-11)7-9-5-6-16-8-9/h5-6,8,10-11H,1-4,7H2,(H2,13,14). The lowest BCUT2D eigenvalue weighted by molar-refractivity contribution is 0.397. The predicted octanol–water partition coefficient (Wildman–Crippen LogP) is 2.19. The number of hydrogen-bond acceptors (Lipinski definition) is 2. The second kappa shape index (κ2) is 4.09. The maximum atomic E-state index is 6.10. The Morgan fingerprint density at radius 1 is 1.44 bits per heavy atom. The zero-order valence-corrected chi connectivity index (χ0v) is 10.1. The Labute approximate surface area is 100.0 Å². The van der Waals surface area contributed by atoms with Gasteiger partial charge in [-0.25, -0.2) is 4.99 Å². The quantitative estimate of drug-likeness (QED) is 0.642. The third-order valence-corrected chi connectivity index (χ3v) is 3.81. The molecular weight excluding hydrogens is 218 g/mol. The summed E-state index contributed by atoms with van der Waals surface area (Å²) in [6.07, 6.45) is 4.98. The molecule has 3 rings (SSSR count). The van der Waals surface area contributed by atoms with Gasteiger partial charge in [0, 0.05) is 12.6 Å². The number of nitrogens with two attached hydrogens (primary N) is 1. The van der Waals surface area contributed by atoms with E-state index in [4.69, 9.17) is 5.73 Å². The molecular formula is C12H17N3S. The summed E-state index contributed by atoms with van der Waals surface area (Å²) >= 11 is 1.74. The smallest absolute Gasteiger partial charge is 0.192 e. The van der Waals surface area contributed by atoms with Crippen molar-refractivity contribution < 1.29 is 0 Å². The molecule has 2 fully saturated rings. The third-order valence-electron chi connectivity index (χ3n) is 3.08. The molecule has 86 valence electrons. The van der Waals surface area contributed by atoms with Crippen molar-refractivity contribution in [3.05, 3.63) is 22.4 Å².